The number of hydrogen-bond donors (Lipinski definition) is 1. The summed E-state index contributed by atoms with van der Waals surface area (Å²) in [6.07, 6.45) is 1.16. The van der Waals surface area contributed by atoms with E-state index in [0.717, 1.165) is 21.9 Å². The maximum Gasteiger partial charge on any atom is 0.264 e. The molecule has 8 heteroatoms. The Hall–Kier alpha value is -3.65. The van der Waals surface area contributed by atoms with Crippen LogP contribution in [0, 0.1) is 6.92 Å². The molecule has 0 aliphatic rings. The van der Waals surface area contributed by atoms with Gasteiger partial charge >= 0.3 is 0 Å². The summed E-state index contributed by atoms with van der Waals surface area (Å²) in [6.45, 7) is 5.92. The summed E-state index contributed by atoms with van der Waals surface area (Å²) >= 11 is 0. The average Bonchev–Trinajstić information content (AvgIpc) is 2.91. The average molecular weight is 522 g/mol. The van der Waals surface area contributed by atoms with Crippen molar-refractivity contribution in [2.75, 3.05) is 17.4 Å². The molecule has 0 aromatic heterocycles. The van der Waals surface area contributed by atoms with E-state index in [1.165, 1.54) is 17.0 Å². The van der Waals surface area contributed by atoms with Crippen LogP contribution in [-0.2, 0) is 26.2 Å². The van der Waals surface area contributed by atoms with Crippen LogP contribution in [0.1, 0.15) is 37.8 Å². The van der Waals surface area contributed by atoms with Crippen molar-refractivity contribution in [2.45, 2.75) is 51.1 Å². The molecule has 1 N–H and O–H groups in total. The minimum atomic E-state index is -4.05. The molecule has 1 atom stereocenters. The Bertz CT molecular complexity index is 1280. The van der Waals surface area contributed by atoms with Crippen LogP contribution < -0.4 is 9.62 Å². The minimum absolute atomic E-state index is 0.0895. The lowest BCUT2D eigenvalue weighted by Crippen LogP contribution is -2.52. The van der Waals surface area contributed by atoms with Gasteiger partial charge in [-0.1, -0.05) is 74.5 Å². The van der Waals surface area contributed by atoms with E-state index in [9.17, 15) is 18.0 Å². The topological polar surface area (TPSA) is 86.8 Å². The molecular weight excluding hydrogens is 486 g/mol. The molecule has 0 unspecified atom stereocenters. The molecule has 196 valence electrons. The third-order valence-electron chi connectivity index (χ3n) is 6.03. The largest absolute Gasteiger partial charge is 0.354 e. The number of anilines is 1. The molecule has 0 fully saturated rings. The van der Waals surface area contributed by atoms with Crippen molar-refractivity contribution in [3.05, 3.63) is 96.1 Å². The zero-order chi connectivity index (χ0) is 26.8. The second-order valence-electron chi connectivity index (χ2n) is 8.89. The second kappa shape index (κ2) is 13.1. The van der Waals surface area contributed by atoms with E-state index >= 15 is 0 Å². The van der Waals surface area contributed by atoms with Gasteiger partial charge in [-0.05, 0) is 55.2 Å². The van der Waals surface area contributed by atoms with E-state index < -0.39 is 28.5 Å². The van der Waals surface area contributed by atoms with Crippen LogP contribution >= 0.6 is 0 Å². The zero-order valence-electron chi connectivity index (χ0n) is 21.6. The van der Waals surface area contributed by atoms with Crippen LogP contribution in [0.2, 0.25) is 0 Å². The third-order valence-corrected chi connectivity index (χ3v) is 7.82. The number of benzene rings is 3. The molecule has 3 aromatic rings. The molecule has 0 bridgehead atoms. The fraction of sp³-hybridized carbons (Fsp3) is 0.310. The van der Waals surface area contributed by atoms with Crippen molar-refractivity contribution < 1.29 is 18.0 Å². The highest BCUT2D eigenvalue weighted by atomic mass is 32.2. The van der Waals surface area contributed by atoms with Crippen LogP contribution in [0.25, 0.3) is 0 Å². The van der Waals surface area contributed by atoms with Crippen LogP contribution in [0.3, 0.4) is 0 Å². The molecule has 0 radical (unpaired) electrons. The first-order chi connectivity index (χ1) is 17.8. The first-order valence-corrected chi connectivity index (χ1v) is 14.0. The Morgan fingerprint density at radius 2 is 1.54 bits per heavy atom. The van der Waals surface area contributed by atoms with Gasteiger partial charge in [0.05, 0.1) is 10.6 Å². The highest BCUT2D eigenvalue weighted by Gasteiger charge is 2.33. The second-order valence-corrected chi connectivity index (χ2v) is 10.7. The summed E-state index contributed by atoms with van der Waals surface area (Å²) in [4.78, 5) is 28.5. The maximum atomic E-state index is 13.9. The van der Waals surface area contributed by atoms with Gasteiger partial charge in [0.1, 0.15) is 12.6 Å². The molecule has 0 heterocycles. The Morgan fingerprint density at radius 3 is 2.14 bits per heavy atom. The van der Waals surface area contributed by atoms with Crippen LogP contribution in [0.15, 0.2) is 89.8 Å². The molecule has 7 nitrogen and oxygen atoms in total. The maximum absolute atomic E-state index is 13.9. The number of aryl methyl sites for hydroxylation is 1. The summed E-state index contributed by atoms with van der Waals surface area (Å²) in [5.41, 5.74) is 2.11. The molecule has 0 aliphatic heterocycles. The van der Waals surface area contributed by atoms with E-state index in [-0.39, 0.29) is 17.3 Å². The van der Waals surface area contributed by atoms with Crippen molar-refractivity contribution in [1.82, 2.24) is 10.2 Å². The van der Waals surface area contributed by atoms with E-state index in [1.807, 2.05) is 57.2 Å². The Morgan fingerprint density at radius 1 is 0.892 bits per heavy atom. The zero-order valence-corrected chi connectivity index (χ0v) is 22.4. The van der Waals surface area contributed by atoms with Crippen molar-refractivity contribution in [3.63, 3.8) is 0 Å². The minimum Gasteiger partial charge on any atom is -0.354 e. The summed E-state index contributed by atoms with van der Waals surface area (Å²) in [6, 6.07) is 23.8. The Balaban J connectivity index is 2.03. The predicted molar refractivity (Wildman–Crippen MR) is 147 cm³/mol. The number of carbonyl (C=O) groups is 2. The fourth-order valence-electron chi connectivity index (χ4n) is 4.10. The number of sulfonamides is 1. The van der Waals surface area contributed by atoms with Gasteiger partial charge in [0, 0.05) is 13.1 Å². The van der Waals surface area contributed by atoms with Gasteiger partial charge in [0.25, 0.3) is 10.0 Å². The van der Waals surface area contributed by atoms with Gasteiger partial charge in [-0.3, -0.25) is 13.9 Å². The lowest BCUT2D eigenvalue weighted by Gasteiger charge is -2.33. The summed E-state index contributed by atoms with van der Waals surface area (Å²) in [5, 5.41) is 2.89. The first-order valence-electron chi connectivity index (χ1n) is 12.5. The number of nitrogens with zero attached hydrogens (tertiary/aromatic N) is 2. The number of nitrogens with one attached hydrogen (secondary N) is 1. The summed E-state index contributed by atoms with van der Waals surface area (Å²) in [7, 11) is -4.05. The number of amides is 2. The smallest absolute Gasteiger partial charge is 0.264 e. The molecule has 0 aliphatic carbocycles. The van der Waals surface area contributed by atoms with E-state index in [2.05, 4.69) is 5.32 Å². The summed E-state index contributed by atoms with van der Waals surface area (Å²) in [5.74, 6) is -0.704. The number of hydrogen-bond acceptors (Lipinski definition) is 4. The highest BCUT2D eigenvalue weighted by Crippen LogP contribution is 2.25. The van der Waals surface area contributed by atoms with E-state index in [0.29, 0.717) is 18.7 Å². The Kier molecular flexibility index (Phi) is 9.85. The lowest BCUT2D eigenvalue weighted by molar-refractivity contribution is -0.140. The standard InChI is InChI=1S/C29H35N3O4S/c1-4-19-30-29(34)27(5-2)31(21-24-14-8-6-9-15-24)28(33)22-32(25-16-12-13-23(3)20-25)37(35,36)26-17-10-7-11-18-26/h6-18,20,27H,4-5,19,21-22H2,1-3H3,(H,30,34)/t27-/m1/s1. The molecule has 0 saturated carbocycles. The van der Waals surface area contributed by atoms with Gasteiger partial charge in [-0.25, -0.2) is 8.42 Å². The number of carbonyl (C=O) groups excluding carboxylic acids is 2. The van der Waals surface area contributed by atoms with Gasteiger partial charge in [0.15, 0.2) is 0 Å². The highest BCUT2D eigenvalue weighted by molar-refractivity contribution is 7.92. The molecule has 2 amide bonds. The summed E-state index contributed by atoms with van der Waals surface area (Å²) < 4.78 is 28.6. The van der Waals surface area contributed by atoms with Gasteiger partial charge in [-0.15, -0.1) is 0 Å². The SMILES string of the molecule is CCCNC(=O)[C@@H](CC)N(Cc1ccccc1)C(=O)CN(c1cccc(C)c1)S(=O)(=O)c1ccccc1. The molecular formula is C29H35N3O4S. The monoisotopic (exact) mass is 521 g/mol. The molecule has 0 saturated heterocycles. The fourth-order valence-corrected chi connectivity index (χ4v) is 5.52. The van der Waals surface area contributed by atoms with Crippen molar-refractivity contribution in [1.29, 1.82) is 0 Å². The normalized spacial score (nSPS) is 12.0. The third kappa shape index (κ3) is 7.20. The molecule has 3 rings (SSSR count). The van der Waals surface area contributed by atoms with Gasteiger partial charge < -0.3 is 10.2 Å². The molecule has 0 spiro atoms. The Labute approximate surface area is 220 Å². The van der Waals surface area contributed by atoms with Crippen LogP contribution in [0.5, 0.6) is 0 Å². The quantitative estimate of drug-likeness (QED) is 0.380. The molecule has 3 aromatic carbocycles. The number of rotatable bonds is 12. The molecule has 37 heavy (non-hydrogen) atoms. The van der Waals surface area contributed by atoms with Crippen molar-refractivity contribution >= 4 is 27.5 Å². The van der Waals surface area contributed by atoms with E-state index in [4.69, 9.17) is 0 Å². The lowest BCUT2D eigenvalue weighted by atomic mass is 10.1. The van der Waals surface area contributed by atoms with Crippen molar-refractivity contribution in [3.8, 4) is 0 Å². The first kappa shape index (κ1) is 27.9. The van der Waals surface area contributed by atoms with Gasteiger partial charge in [-0.2, -0.15) is 0 Å². The van der Waals surface area contributed by atoms with Crippen molar-refractivity contribution in [2.24, 2.45) is 0 Å². The van der Waals surface area contributed by atoms with E-state index in [1.54, 1.807) is 36.4 Å². The van der Waals surface area contributed by atoms with Crippen LogP contribution in [0.4, 0.5) is 5.69 Å². The predicted octanol–water partition coefficient (Wildman–Crippen LogP) is 4.52. The van der Waals surface area contributed by atoms with Gasteiger partial charge in [0.2, 0.25) is 11.8 Å². The van der Waals surface area contributed by atoms with Crippen LogP contribution in [-0.4, -0.2) is 44.3 Å².